The van der Waals surface area contributed by atoms with E-state index in [1.165, 1.54) is 66.5 Å². The smallest absolute Gasteiger partial charge is 0.0999 e. The van der Waals surface area contributed by atoms with Crippen LogP contribution in [0.1, 0.15) is 101 Å². The molecule has 1 unspecified atom stereocenters. The fourth-order valence-corrected chi connectivity index (χ4v) is 5.17. The Labute approximate surface area is 183 Å². The third-order valence-corrected chi connectivity index (χ3v) is 6.74. The van der Waals surface area contributed by atoms with Gasteiger partial charge < -0.3 is 0 Å². The van der Waals surface area contributed by atoms with Gasteiger partial charge in [0.15, 0.2) is 0 Å². The van der Waals surface area contributed by atoms with Gasteiger partial charge in [-0.3, -0.25) is 4.98 Å². The quantitative estimate of drug-likeness (QED) is 0.361. The lowest BCUT2D eigenvalue weighted by atomic mass is 9.81. The molecule has 0 radical (unpaired) electrons. The topological polar surface area (TPSA) is 36.7 Å². The number of hydrogen-bond donors (Lipinski definition) is 0. The lowest BCUT2D eigenvalue weighted by molar-refractivity contribution is 0.480. The lowest BCUT2D eigenvalue weighted by Crippen LogP contribution is -2.23. The zero-order valence-electron chi connectivity index (χ0n) is 19.3. The van der Waals surface area contributed by atoms with Crippen LogP contribution >= 0.6 is 0 Å². The second-order valence-electron chi connectivity index (χ2n) is 8.96. The first-order valence-corrected chi connectivity index (χ1v) is 12.2. The Morgan fingerprint density at radius 2 is 1.63 bits per heavy atom. The number of fused-ring (bicyclic) bond motifs is 1. The van der Waals surface area contributed by atoms with Crippen LogP contribution in [-0.2, 0) is 24.7 Å². The first kappa shape index (κ1) is 22.5. The molecule has 1 aliphatic rings. The van der Waals surface area contributed by atoms with Crippen LogP contribution in [0.5, 0.6) is 0 Å². The van der Waals surface area contributed by atoms with E-state index in [1.54, 1.807) is 0 Å². The molecule has 0 N–H and O–H groups in total. The van der Waals surface area contributed by atoms with Gasteiger partial charge in [0.25, 0.3) is 0 Å². The van der Waals surface area contributed by atoms with E-state index in [2.05, 4.69) is 57.2 Å². The van der Waals surface area contributed by atoms with Crippen molar-refractivity contribution >= 4 is 0 Å². The predicted octanol–water partition coefficient (Wildman–Crippen LogP) is 7.72. The number of unbranched alkanes of at least 4 members (excludes halogenated alkanes) is 4. The highest BCUT2D eigenvalue weighted by molar-refractivity contribution is 5.74. The first-order chi connectivity index (χ1) is 14.7. The molecule has 1 aromatic heterocycles. The van der Waals surface area contributed by atoms with Gasteiger partial charge >= 0.3 is 0 Å². The van der Waals surface area contributed by atoms with Crippen molar-refractivity contribution in [1.29, 1.82) is 5.26 Å². The second-order valence-corrected chi connectivity index (χ2v) is 8.96. The number of pyridine rings is 1. The Kier molecular flexibility index (Phi) is 8.08. The van der Waals surface area contributed by atoms with E-state index in [1.807, 2.05) is 0 Å². The Hall–Kier alpha value is -2.14. The summed E-state index contributed by atoms with van der Waals surface area (Å²) < 4.78 is 0. The third kappa shape index (κ3) is 4.61. The van der Waals surface area contributed by atoms with Gasteiger partial charge in [0.05, 0.1) is 17.2 Å². The van der Waals surface area contributed by atoms with Crippen LogP contribution in [0.2, 0.25) is 0 Å². The summed E-state index contributed by atoms with van der Waals surface area (Å²) >= 11 is 0. The van der Waals surface area contributed by atoms with Gasteiger partial charge in [-0.1, -0.05) is 83.2 Å². The zero-order valence-corrected chi connectivity index (χ0v) is 19.3. The Bertz CT molecular complexity index is 862. The van der Waals surface area contributed by atoms with Crippen molar-refractivity contribution in [2.75, 3.05) is 0 Å². The van der Waals surface area contributed by atoms with Crippen molar-refractivity contribution in [3.8, 4) is 17.2 Å². The number of aromatic nitrogens is 1. The van der Waals surface area contributed by atoms with E-state index in [-0.39, 0.29) is 0 Å². The molecular formula is C28H38N2. The summed E-state index contributed by atoms with van der Waals surface area (Å²) in [5.41, 5.74) is 7.54. The second kappa shape index (κ2) is 10.8. The molecule has 2 heteroatoms. The van der Waals surface area contributed by atoms with Gasteiger partial charge in [-0.2, -0.15) is 5.26 Å². The van der Waals surface area contributed by atoms with Gasteiger partial charge in [0, 0.05) is 5.69 Å². The number of nitrogens with zero attached hydrogens (tertiary/aromatic N) is 2. The van der Waals surface area contributed by atoms with Crippen LogP contribution in [0.4, 0.5) is 0 Å². The zero-order chi connectivity index (χ0) is 21.4. The van der Waals surface area contributed by atoms with Gasteiger partial charge in [0.1, 0.15) is 0 Å². The monoisotopic (exact) mass is 402 g/mol. The van der Waals surface area contributed by atoms with Crippen molar-refractivity contribution < 1.29 is 0 Å². The van der Waals surface area contributed by atoms with E-state index in [0.717, 1.165) is 44.2 Å². The molecule has 0 saturated heterocycles. The standard InChI is InChI=1S/C28H38N2/c1-4-7-10-16-23-25(17-11-8-5-2)30-27-24(18-20-28(27,21-29)19-6-3)26(23)22-14-12-9-13-15-22/h9,12-15H,4-8,10-11,16-20H2,1-3H3. The summed E-state index contributed by atoms with van der Waals surface area (Å²) in [6.07, 6.45) is 13.4. The lowest BCUT2D eigenvalue weighted by Gasteiger charge is -2.24. The SMILES string of the molecule is CCCCCc1nc2c(c(-c3ccccc3)c1CCCCC)CCC2(C#N)CCC. The molecule has 0 amide bonds. The van der Waals surface area contributed by atoms with Crippen LogP contribution in [0, 0.1) is 11.3 Å². The Morgan fingerprint density at radius 1 is 0.933 bits per heavy atom. The molecule has 1 aliphatic carbocycles. The van der Waals surface area contributed by atoms with Crippen LogP contribution < -0.4 is 0 Å². The maximum Gasteiger partial charge on any atom is 0.0999 e. The molecule has 3 rings (SSSR count). The highest BCUT2D eigenvalue weighted by atomic mass is 14.8. The van der Waals surface area contributed by atoms with E-state index in [0.29, 0.717) is 0 Å². The average molecular weight is 403 g/mol. The average Bonchev–Trinajstić information content (AvgIpc) is 3.13. The summed E-state index contributed by atoms with van der Waals surface area (Å²) in [5, 5.41) is 10.2. The molecule has 0 bridgehead atoms. The van der Waals surface area contributed by atoms with Gasteiger partial charge in [0.2, 0.25) is 0 Å². The number of benzene rings is 1. The molecule has 160 valence electrons. The Balaban J connectivity index is 2.20. The molecule has 1 atom stereocenters. The molecule has 1 heterocycles. The molecule has 0 spiro atoms. The summed E-state index contributed by atoms with van der Waals surface area (Å²) in [5.74, 6) is 0. The van der Waals surface area contributed by atoms with Crippen molar-refractivity contribution in [3.63, 3.8) is 0 Å². The fourth-order valence-electron chi connectivity index (χ4n) is 5.17. The minimum atomic E-state index is -0.394. The van der Waals surface area contributed by atoms with Crippen LogP contribution in [0.25, 0.3) is 11.1 Å². The predicted molar refractivity (Wildman–Crippen MR) is 127 cm³/mol. The summed E-state index contributed by atoms with van der Waals surface area (Å²) in [6.45, 7) is 6.72. The fraction of sp³-hybridized carbons (Fsp3) is 0.571. The number of aryl methyl sites for hydroxylation is 1. The normalized spacial score (nSPS) is 17.7. The molecule has 2 aromatic rings. The summed E-state index contributed by atoms with van der Waals surface area (Å²) in [4.78, 5) is 5.31. The summed E-state index contributed by atoms with van der Waals surface area (Å²) in [6, 6.07) is 13.6. The number of hydrogen-bond acceptors (Lipinski definition) is 2. The van der Waals surface area contributed by atoms with Crippen molar-refractivity contribution in [3.05, 3.63) is 52.8 Å². The van der Waals surface area contributed by atoms with Gasteiger partial charge in [-0.05, 0) is 67.2 Å². The van der Waals surface area contributed by atoms with E-state index in [9.17, 15) is 5.26 Å². The minimum Gasteiger partial charge on any atom is -0.256 e. The Morgan fingerprint density at radius 3 is 2.27 bits per heavy atom. The van der Waals surface area contributed by atoms with Crippen molar-refractivity contribution in [2.24, 2.45) is 0 Å². The molecule has 1 aromatic carbocycles. The first-order valence-electron chi connectivity index (χ1n) is 12.2. The molecule has 2 nitrogen and oxygen atoms in total. The van der Waals surface area contributed by atoms with E-state index in [4.69, 9.17) is 4.98 Å². The summed E-state index contributed by atoms with van der Waals surface area (Å²) in [7, 11) is 0. The maximum absolute atomic E-state index is 10.2. The van der Waals surface area contributed by atoms with Crippen molar-refractivity contribution in [1.82, 2.24) is 4.98 Å². The van der Waals surface area contributed by atoms with Crippen LogP contribution in [0.15, 0.2) is 30.3 Å². The van der Waals surface area contributed by atoms with Gasteiger partial charge in [-0.25, -0.2) is 0 Å². The molecule has 0 fully saturated rings. The third-order valence-electron chi connectivity index (χ3n) is 6.74. The van der Waals surface area contributed by atoms with E-state index >= 15 is 0 Å². The highest BCUT2D eigenvalue weighted by Gasteiger charge is 2.42. The van der Waals surface area contributed by atoms with Gasteiger partial charge in [-0.15, -0.1) is 0 Å². The number of nitriles is 1. The molecule has 0 saturated carbocycles. The maximum atomic E-state index is 10.2. The van der Waals surface area contributed by atoms with Crippen LogP contribution in [0.3, 0.4) is 0 Å². The van der Waals surface area contributed by atoms with Crippen LogP contribution in [-0.4, -0.2) is 4.98 Å². The minimum absolute atomic E-state index is 0.394. The number of rotatable bonds is 11. The molecule has 30 heavy (non-hydrogen) atoms. The largest absolute Gasteiger partial charge is 0.256 e. The molecule has 0 aliphatic heterocycles. The van der Waals surface area contributed by atoms with E-state index < -0.39 is 5.41 Å². The van der Waals surface area contributed by atoms with Crippen molar-refractivity contribution in [2.45, 2.75) is 103 Å². The molecular weight excluding hydrogens is 364 g/mol. The highest BCUT2D eigenvalue weighted by Crippen LogP contribution is 2.46.